The second kappa shape index (κ2) is 5.50. The van der Waals surface area contributed by atoms with E-state index in [-0.39, 0.29) is 17.0 Å². The second-order valence-electron chi connectivity index (χ2n) is 2.87. The molecule has 2 rings (SSSR count). The van der Waals surface area contributed by atoms with E-state index in [1.165, 1.54) is 0 Å². The van der Waals surface area contributed by atoms with Gasteiger partial charge in [0.2, 0.25) is 0 Å². The molecular weight excluding hydrogens is 240 g/mol. The van der Waals surface area contributed by atoms with Gasteiger partial charge in [0, 0.05) is 18.3 Å². The molecule has 0 aliphatic heterocycles. The lowest BCUT2D eigenvalue weighted by Crippen LogP contribution is -2.33. The van der Waals surface area contributed by atoms with Gasteiger partial charge in [-0.2, -0.15) is 4.57 Å². The van der Waals surface area contributed by atoms with Gasteiger partial charge in [0.1, 0.15) is 5.69 Å². The molecule has 0 N–H and O–H groups in total. The van der Waals surface area contributed by atoms with Gasteiger partial charge in [-0.3, -0.25) is 4.98 Å². The van der Waals surface area contributed by atoms with Crippen molar-refractivity contribution in [2.24, 2.45) is 0 Å². The van der Waals surface area contributed by atoms with Crippen LogP contribution in [-0.2, 0) is 6.54 Å². The fraction of sp³-hybridized carbons (Fsp3) is 0.0909. The first-order valence-corrected chi connectivity index (χ1v) is 4.29. The summed E-state index contributed by atoms with van der Waals surface area (Å²) >= 11 is 0. The van der Waals surface area contributed by atoms with E-state index in [1.807, 2.05) is 55.0 Å². The molecular formula is C11H12BrN2+. The molecule has 0 radical (unpaired) electrons. The zero-order valence-electron chi connectivity index (χ0n) is 7.71. The molecule has 3 heteroatoms. The van der Waals surface area contributed by atoms with Crippen LogP contribution in [0.4, 0.5) is 0 Å². The smallest absolute Gasteiger partial charge is 0.190 e. The minimum Gasteiger partial charge on any atom is -0.255 e. The second-order valence-corrected chi connectivity index (χ2v) is 2.87. The van der Waals surface area contributed by atoms with Crippen LogP contribution in [0.15, 0.2) is 55.0 Å². The summed E-state index contributed by atoms with van der Waals surface area (Å²) in [5.74, 6) is 0. The molecule has 0 fully saturated rings. The average Bonchev–Trinajstić information content (AvgIpc) is 2.21. The van der Waals surface area contributed by atoms with Crippen molar-refractivity contribution in [1.82, 2.24) is 4.98 Å². The van der Waals surface area contributed by atoms with Gasteiger partial charge >= 0.3 is 0 Å². The normalized spacial score (nSPS) is 9.14. The van der Waals surface area contributed by atoms with Gasteiger partial charge in [0.15, 0.2) is 18.9 Å². The first kappa shape index (κ1) is 10.9. The van der Waals surface area contributed by atoms with Crippen LogP contribution in [0.2, 0.25) is 0 Å². The van der Waals surface area contributed by atoms with E-state index in [0.717, 1.165) is 12.2 Å². The largest absolute Gasteiger partial charge is 0.255 e. The van der Waals surface area contributed by atoms with Crippen molar-refractivity contribution in [2.45, 2.75) is 6.54 Å². The first-order valence-electron chi connectivity index (χ1n) is 4.29. The highest BCUT2D eigenvalue weighted by Gasteiger charge is 1.99. The van der Waals surface area contributed by atoms with Crippen molar-refractivity contribution >= 4 is 17.0 Å². The summed E-state index contributed by atoms with van der Waals surface area (Å²) in [5.41, 5.74) is 1.08. The third kappa shape index (κ3) is 2.92. The zero-order chi connectivity index (χ0) is 8.93. The molecule has 0 spiro atoms. The van der Waals surface area contributed by atoms with E-state index in [4.69, 9.17) is 0 Å². The summed E-state index contributed by atoms with van der Waals surface area (Å²) in [6.45, 7) is 0.835. The van der Waals surface area contributed by atoms with Crippen LogP contribution >= 0.6 is 17.0 Å². The predicted octanol–water partition coefficient (Wildman–Crippen LogP) is 2.00. The van der Waals surface area contributed by atoms with Gasteiger partial charge in [-0.1, -0.05) is 12.1 Å². The number of halogens is 1. The molecule has 0 saturated carbocycles. The topological polar surface area (TPSA) is 16.8 Å². The minimum atomic E-state index is 0. The van der Waals surface area contributed by atoms with E-state index in [9.17, 15) is 0 Å². The Kier molecular flexibility index (Phi) is 4.26. The van der Waals surface area contributed by atoms with Gasteiger partial charge < -0.3 is 0 Å². The third-order valence-electron chi connectivity index (χ3n) is 1.85. The monoisotopic (exact) mass is 251 g/mol. The maximum absolute atomic E-state index is 4.25. The van der Waals surface area contributed by atoms with Crippen LogP contribution in [0, 0.1) is 0 Å². The van der Waals surface area contributed by atoms with Crippen molar-refractivity contribution in [3.05, 3.63) is 60.7 Å². The standard InChI is InChI=1S/C11H11N2.BrH/c1-4-8-13(9-5-1)10-11-6-2-3-7-12-11;/h1-9H,10H2;1H/q+1;. The summed E-state index contributed by atoms with van der Waals surface area (Å²) < 4.78 is 2.10. The summed E-state index contributed by atoms with van der Waals surface area (Å²) in [6, 6.07) is 12.0. The maximum Gasteiger partial charge on any atom is 0.190 e. The quantitative estimate of drug-likeness (QED) is 0.747. The number of pyridine rings is 2. The molecule has 14 heavy (non-hydrogen) atoms. The van der Waals surface area contributed by atoms with Crippen molar-refractivity contribution in [3.63, 3.8) is 0 Å². The van der Waals surface area contributed by atoms with Gasteiger partial charge in [0.05, 0.1) is 0 Å². The number of rotatable bonds is 2. The zero-order valence-corrected chi connectivity index (χ0v) is 9.42. The van der Waals surface area contributed by atoms with Gasteiger partial charge in [-0.15, -0.1) is 17.0 Å². The van der Waals surface area contributed by atoms with Crippen LogP contribution in [0.3, 0.4) is 0 Å². The Morgan fingerprint density at radius 1 is 1.00 bits per heavy atom. The average molecular weight is 252 g/mol. The Bertz CT molecular complexity index is 324. The lowest BCUT2D eigenvalue weighted by molar-refractivity contribution is -0.688. The lowest BCUT2D eigenvalue weighted by atomic mass is 10.3. The summed E-state index contributed by atoms with van der Waals surface area (Å²) in [7, 11) is 0. The summed E-state index contributed by atoms with van der Waals surface area (Å²) in [4.78, 5) is 4.25. The van der Waals surface area contributed by atoms with Crippen molar-refractivity contribution < 1.29 is 4.57 Å². The molecule has 2 aromatic rings. The molecule has 0 amide bonds. The number of nitrogens with zero attached hydrogens (tertiary/aromatic N) is 2. The first-order chi connectivity index (χ1) is 6.45. The Morgan fingerprint density at radius 3 is 2.43 bits per heavy atom. The predicted molar refractivity (Wildman–Crippen MR) is 60.3 cm³/mol. The van der Waals surface area contributed by atoms with E-state index in [2.05, 4.69) is 9.55 Å². The highest BCUT2D eigenvalue weighted by Crippen LogP contribution is 1.91. The Hall–Kier alpha value is -1.22. The van der Waals surface area contributed by atoms with E-state index in [0.29, 0.717) is 0 Å². The van der Waals surface area contributed by atoms with Crippen LogP contribution in [-0.4, -0.2) is 4.98 Å². The Balaban J connectivity index is 0.000000980. The fourth-order valence-corrected chi connectivity index (χ4v) is 1.22. The molecule has 0 bridgehead atoms. The molecule has 0 atom stereocenters. The van der Waals surface area contributed by atoms with Gasteiger partial charge in [-0.05, 0) is 12.1 Å². The van der Waals surface area contributed by atoms with Crippen LogP contribution < -0.4 is 4.57 Å². The van der Waals surface area contributed by atoms with Gasteiger partial charge in [-0.25, -0.2) is 0 Å². The summed E-state index contributed by atoms with van der Waals surface area (Å²) in [6.07, 6.45) is 5.89. The highest BCUT2D eigenvalue weighted by atomic mass is 79.9. The van der Waals surface area contributed by atoms with Crippen molar-refractivity contribution in [3.8, 4) is 0 Å². The number of hydrogen-bond acceptors (Lipinski definition) is 1. The van der Waals surface area contributed by atoms with E-state index in [1.54, 1.807) is 0 Å². The van der Waals surface area contributed by atoms with E-state index >= 15 is 0 Å². The van der Waals surface area contributed by atoms with Crippen molar-refractivity contribution in [2.75, 3.05) is 0 Å². The van der Waals surface area contributed by atoms with Crippen molar-refractivity contribution in [1.29, 1.82) is 0 Å². The SMILES string of the molecule is Br.c1cc[n+](Cc2ccccn2)cc1. The maximum atomic E-state index is 4.25. The Morgan fingerprint density at radius 2 is 1.79 bits per heavy atom. The van der Waals surface area contributed by atoms with Gasteiger partial charge in [0.25, 0.3) is 0 Å². The third-order valence-corrected chi connectivity index (χ3v) is 1.85. The molecule has 0 aliphatic carbocycles. The number of aromatic nitrogens is 2. The van der Waals surface area contributed by atoms with Crippen LogP contribution in [0.5, 0.6) is 0 Å². The fourth-order valence-electron chi connectivity index (χ4n) is 1.22. The molecule has 0 aliphatic rings. The molecule has 0 saturated heterocycles. The molecule has 0 aromatic carbocycles. The van der Waals surface area contributed by atoms with E-state index < -0.39 is 0 Å². The van der Waals surface area contributed by atoms with Crippen LogP contribution in [0.25, 0.3) is 0 Å². The minimum absolute atomic E-state index is 0. The molecule has 72 valence electrons. The summed E-state index contributed by atoms with van der Waals surface area (Å²) in [5, 5.41) is 0. The number of hydrogen-bond donors (Lipinski definition) is 0. The highest BCUT2D eigenvalue weighted by molar-refractivity contribution is 8.93. The molecule has 2 aromatic heterocycles. The lowest BCUT2D eigenvalue weighted by Gasteiger charge is -1.94. The molecule has 2 nitrogen and oxygen atoms in total. The Labute approximate surface area is 94.0 Å². The molecule has 2 heterocycles. The molecule has 0 unspecified atom stereocenters. The van der Waals surface area contributed by atoms with Crippen LogP contribution in [0.1, 0.15) is 5.69 Å².